The Morgan fingerprint density at radius 3 is 2.43 bits per heavy atom. The van der Waals surface area contributed by atoms with Crippen LogP contribution in [0, 0.1) is 13.8 Å². The molecule has 0 bridgehead atoms. The molecule has 0 aliphatic carbocycles. The molecule has 5 nitrogen and oxygen atoms in total. The molecule has 0 saturated carbocycles. The van der Waals surface area contributed by atoms with E-state index in [9.17, 15) is 0 Å². The maximum atomic E-state index is 6.01. The maximum Gasteiger partial charge on any atom is 0.190 e. The standard InChI is InChI=1S/C15H14ClN5S2/c1-8-4-9(2)6-10(5-8)13-19-15(21-20-13)23-12-7-11(16)17-14(18-12)22-3/h4-7H,1-3H3,(H,19,20,21). The Balaban J connectivity index is 1.86. The van der Waals surface area contributed by atoms with E-state index >= 15 is 0 Å². The lowest BCUT2D eigenvalue weighted by atomic mass is 10.1. The number of halogens is 1. The van der Waals surface area contributed by atoms with Crippen molar-refractivity contribution in [1.29, 1.82) is 0 Å². The van der Waals surface area contributed by atoms with E-state index in [0.29, 0.717) is 21.3 Å². The molecule has 118 valence electrons. The zero-order valence-corrected chi connectivity index (χ0v) is 15.2. The predicted molar refractivity (Wildman–Crippen MR) is 94.2 cm³/mol. The van der Waals surface area contributed by atoms with Crippen molar-refractivity contribution in [2.45, 2.75) is 29.2 Å². The molecule has 2 aromatic heterocycles. The van der Waals surface area contributed by atoms with Gasteiger partial charge in [-0.15, -0.1) is 0 Å². The fraction of sp³-hybridized carbons (Fsp3) is 0.200. The lowest BCUT2D eigenvalue weighted by Crippen LogP contribution is -1.89. The Labute approximate surface area is 147 Å². The van der Waals surface area contributed by atoms with Crippen LogP contribution in [0.3, 0.4) is 0 Å². The summed E-state index contributed by atoms with van der Waals surface area (Å²) in [4.78, 5) is 13.1. The SMILES string of the molecule is CSc1nc(Cl)cc(Sc2nc(-c3cc(C)cc(C)c3)n[nH]2)n1. The molecule has 3 aromatic rings. The normalized spacial score (nSPS) is 11.0. The number of benzene rings is 1. The molecular formula is C15H14ClN5S2. The molecule has 0 fully saturated rings. The molecule has 0 atom stereocenters. The van der Waals surface area contributed by atoms with Gasteiger partial charge in [0.05, 0.1) is 0 Å². The highest BCUT2D eigenvalue weighted by Gasteiger charge is 2.10. The smallest absolute Gasteiger partial charge is 0.190 e. The van der Waals surface area contributed by atoms with Crippen molar-refractivity contribution in [1.82, 2.24) is 25.1 Å². The van der Waals surface area contributed by atoms with Gasteiger partial charge in [-0.05, 0) is 44.0 Å². The third-order valence-corrected chi connectivity index (χ3v) is 4.52. The Morgan fingerprint density at radius 2 is 1.74 bits per heavy atom. The third-order valence-electron chi connectivity index (χ3n) is 2.98. The highest BCUT2D eigenvalue weighted by Crippen LogP contribution is 2.28. The van der Waals surface area contributed by atoms with Gasteiger partial charge >= 0.3 is 0 Å². The summed E-state index contributed by atoms with van der Waals surface area (Å²) in [5, 5.41) is 9.68. The molecule has 0 radical (unpaired) electrons. The van der Waals surface area contributed by atoms with Crippen LogP contribution in [0.5, 0.6) is 0 Å². The van der Waals surface area contributed by atoms with E-state index in [1.165, 1.54) is 34.7 Å². The van der Waals surface area contributed by atoms with Crippen LogP contribution in [0.4, 0.5) is 0 Å². The number of nitrogens with one attached hydrogen (secondary N) is 1. The Morgan fingerprint density at radius 1 is 1.00 bits per heavy atom. The third kappa shape index (κ3) is 4.04. The molecule has 0 aliphatic rings. The van der Waals surface area contributed by atoms with Gasteiger partial charge in [-0.25, -0.2) is 15.0 Å². The summed E-state index contributed by atoms with van der Waals surface area (Å²) in [6.07, 6.45) is 1.91. The van der Waals surface area contributed by atoms with Crippen molar-refractivity contribution in [3.63, 3.8) is 0 Å². The molecule has 23 heavy (non-hydrogen) atoms. The monoisotopic (exact) mass is 363 g/mol. The van der Waals surface area contributed by atoms with Crippen molar-refractivity contribution in [3.8, 4) is 11.4 Å². The van der Waals surface area contributed by atoms with Crippen molar-refractivity contribution in [2.75, 3.05) is 6.26 Å². The van der Waals surface area contributed by atoms with Crippen molar-refractivity contribution in [2.24, 2.45) is 0 Å². The summed E-state index contributed by atoms with van der Waals surface area (Å²) in [6, 6.07) is 7.97. The van der Waals surface area contributed by atoms with Crippen LogP contribution in [0.1, 0.15) is 11.1 Å². The summed E-state index contributed by atoms with van der Waals surface area (Å²) >= 11 is 8.83. The lowest BCUT2D eigenvalue weighted by Gasteiger charge is -2.01. The van der Waals surface area contributed by atoms with Gasteiger partial charge in [-0.3, -0.25) is 5.10 Å². The summed E-state index contributed by atoms with van der Waals surface area (Å²) in [5.74, 6) is 0.671. The van der Waals surface area contributed by atoms with E-state index in [-0.39, 0.29) is 0 Å². The van der Waals surface area contributed by atoms with Crippen LogP contribution >= 0.6 is 35.1 Å². The average molecular weight is 364 g/mol. The Kier molecular flexibility index (Phi) is 4.89. The lowest BCUT2D eigenvalue weighted by molar-refractivity contribution is 0.887. The van der Waals surface area contributed by atoms with Gasteiger partial charge in [0, 0.05) is 11.6 Å². The van der Waals surface area contributed by atoms with Gasteiger partial charge in [0.15, 0.2) is 16.1 Å². The topological polar surface area (TPSA) is 67.3 Å². The molecular weight excluding hydrogens is 350 g/mol. The number of hydrogen-bond acceptors (Lipinski definition) is 6. The fourth-order valence-electron chi connectivity index (χ4n) is 2.15. The van der Waals surface area contributed by atoms with Crippen LogP contribution in [0.25, 0.3) is 11.4 Å². The zero-order valence-electron chi connectivity index (χ0n) is 12.8. The second kappa shape index (κ2) is 6.90. The summed E-state index contributed by atoms with van der Waals surface area (Å²) in [7, 11) is 0. The number of aryl methyl sites for hydroxylation is 2. The van der Waals surface area contributed by atoms with Crippen molar-refractivity contribution in [3.05, 3.63) is 40.5 Å². The van der Waals surface area contributed by atoms with E-state index in [1.807, 2.05) is 6.26 Å². The summed E-state index contributed by atoms with van der Waals surface area (Å²) in [5.41, 5.74) is 3.37. The molecule has 1 N–H and O–H groups in total. The van der Waals surface area contributed by atoms with E-state index < -0.39 is 0 Å². The molecule has 0 unspecified atom stereocenters. The number of rotatable bonds is 4. The predicted octanol–water partition coefficient (Wildman–Crippen LogP) is 4.41. The fourth-order valence-corrected chi connectivity index (χ4v) is 3.60. The minimum Gasteiger partial charge on any atom is -0.253 e. The number of aromatic amines is 1. The first kappa shape index (κ1) is 16.3. The molecule has 0 amide bonds. The second-order valence-electron chi connectivity index (χ2n) is 4.96. The van der Waals surface area contributed by atoms with E-state index in [2.05, 4.69) is 57.2 Å². The Hall–Kier alpha value is -1.57. The number of H-pyrrole nitrogens is 1. The second-order valence-corrected chi connectivity index (χ2v) is 7.13. The number of thioether (sulfide) groups is 1. The van der Waals surface area contributed by atoms with E-state index in [0.717, 1.165) is 10.6 Å². The zero-order chi connectivity index (χ0) is 16.4. The Bertz CT molecular complexity index is 829. The van der Waals surface area contributed by atoms with Gasteiger partial charge in [0.25, 0.3) is 0 Å². The van der Waals surface area contributed by atoms with Crippen molar-refractivity contribution < 1.29 is 0 Å². The molecule has 0 spiro atoms. The van der Waals surface area contributed by atoms with Gasteiger partial charge in [0.2, 0.25) is 0 Å². The van der Waals surface area contributed by atoms with Gasteiger partial charge in [-0.2, -0.15) is 5.10 Å². The first-order valence-electron chi connectivity index (χ1n) is 6.81. The molecule has 1 aromatic carbocycles. The van der Waals surface area contributed by atoms with Crippen LogP contribution < -0.4 is 0 Å². The molecule has 0 aliphatic heterocycles. The van der Waals surface area contributed by atoms with E-state index in [1.54, 1.807) is 6.07 Å². The van der Waals surface area contributed by atoms with Gasteiger partial charge in [-0.1, -0.05) is 40.6 Å². The molecule has 2 heterocycles. The highest BCUT2D eigenvalue weighted by molar-refractivity contribution is 7.99. The number of aromatic nitrogens is 5. The van der Waals surface area contributed by atoms with Crippen LogP contribution in [0.15, 0.2) is 39.6 Å². The van der Waals surface area contributed by atoms with Crippen LogP contribution in [-0.2, 0) is 0 Å². The number of hydrogen-bond donors (Lipinski definition) is 1. The maximum absolute atomic E-state index is 6.01. The summed E-state index contributed by atoms with van der Waals surface area (Å²) in [6.45, 7) is 4.12. The minimum atomic E-state index is 0.417. The van der Waals surface area contributed by atoms with Gasteiger partial charge < -0.3 is 0 Å². The highest BCUT2D eigenvalue weighted by atomic mass is 35.5. The van der Waals surface area contributed by atoms with Crippen molar-refractivity contribution >= 4 is 35.1 Å². The first-order valence-corrected chi connectivity index (χ1v) is 9.23. The number of nitrogens with zero attached hydrogens (tertiary/aromatic N) is 4. The van der Waals surface area contributed by atoms with Crippen LogP contribution in [-0.4, -0.2) is 31.4 Å². The quantitative estimate of drug-likeness (QED) is 0.421. The average Bonchev–Trinajstić information content (AvgIpc) is 2.94. The largest absolute Gasteiger partial charge is 0.253 e. The molecule has 8 heteroatoms. The van der Waals surface area contributed by atoms with E-state index in [4.69, 9.17) is 11.6 Å². The first-order chi connectivity index (χ1) is 11.0. The molecule has 0 saturated heterocycles. The van der Waals surface area contributed by atoms with Crippen LogP contribution in [0.2, 0.25) is 5.15 Å². The minimum absolute atomic E-state index is 0.417. The summed E-state index contributed by atoms with van der Waals surface area (Å²) < 4.78 is 0. The molecule has 3 rings (SSSR count). The van der Waals surface area contributed by atoms with Gasteiger partial charge in [0.1, 0.15) is 10.2 Å².